The second-order valence-electron chi connectivity index (χ2n) is 5.42. The van der Waals surface area contributed by atoms with Crippen LogP contribution in [0.2, 0.25) is 0 Å². The van der Waals surface area contributed by atoms with Gasteiger partial charge in [-0.05, 0) is 18.4 Å². The quantitative estimate of drug-likeness (QED) is 0.358. The Bertz CT molecular complexity index is 268. The predicted octanol–water partition coefficient (Wildman–Crippen LogP) is 5.77. The first-order valence-corrected chi connectivity index (χ1v) is 7.97. The van der Waals surface area contributed by atoms with Crippen LogP contribution in [0, 0.1) is 0 Å². The van der Waals surface area contributed by atoms with Crippen LogP contribution >= 0.6 is 0 Å². The van der Waals surface area contributed by atoms with Gasteiger partial charge in [-0.2, -0.15) is 0 Å². The summed E-state index contributed by atoms with van der Waals surface area (Å²) in [4.78, 5) is 0. The summed E-state index contributed by atoms with van der Waals surface area (Å²) >= 11 is 0. The van der Waals surface area contributed by atoms with Crippen LogP contribution in [0.3, 0.4) is 0 Å². The molecule has 0 bridgehead atoms. The van der Waals surface area contributed by atoms with Crippen molar-refractivity contribution in [2.45, 2.75) is 77.6 Å². The molecule has 0 spiro atoms. The van der Waals surface area contributed by atoms with Crippen molar-refractivity contribution in [3.63, 3.8) is 0 Å². The predicted molar refractivity (Wildman–Crippen MR) is 87.7 cm³/mol. The van der Waals surface area contributed by atoms with E-state index in [1.165, 1.54) is 76.2 Å². The zero-order chi connectivity index (χ0) is 12.9. The van der Waals surface area contributed by atoms with Gasteiger partial charge in [0.25, 0.3) is 0 Å². The Hall–Kier alpha value is 0.480. The van der Waals surface area contributed by atoms with Gasteiger partial charge in [-0.1, -0.05) is 95.0 Å². The molecule has 0 saturated carbocycles. The van der Waals surface area contributed by atoms with E-state index in [-0.39, 0.29) is 37.7 Å². The molecule has 0 nitrogen and oxygen atoms in total. The van der Waals surface area contributed by atoms with Crippen LogP contribution in [0.4, 0.5) is 0 Å². The number of benzene rings is 1. The van der Waals surface area contributed by atoms with E-state index in [2.05, 4.69) is 37.3 Å². The minimum atomic E-state index is 0. The molecular formula is C18H30Ca+2. The fraction of sp³-hybridized carbons (Fsp3) is 0.667. The summed E-state index contributed by atoms with van der Waals surface area (Å²) in [5, 5.41) is 0. The van der Waals surface area contributed by atoms with Gasteiger partial charge in [-0.25, -0.2) is 0 Å². The van der Waals surface area contributed by atoms with Gasteiger partial charge in [0.15, 0.2) is 0 Å². The van der Waals surface area contributed by atoms with Crippen LogP contribution in [0.15, 0.2) is 30.3 Å². The third-order valence-electron chi connectivity index (χ3n) is 3.66. The van der Waals surface area contributed by atoms with Crippen LogP contribution in [-0.4, -0.2) is 37.7 Å². The van der Waals surface area contributed by atoms with Crippen LogP contribution in [-0.2, 0) is 6.42 Å². The summed E-state index contributed by atoms with van der Waals surface area (Å²) in [5.74, 6) is 0. The van der Waals surface area contributed by atoms with E-state index in [9.17, 15) is 0 Å². The zero-order valence-corrected chi connectivity index (χ0v) is 15.1. The number of rotatable bonds is 11. The zero-order valence-electron chi connectivity index (χ0n) is 12.9. The molecule has 102 valence electrons. The van der Waals surface area contributed by atoms with Crippen molar-refractivity contribution in [2.24, 2.45) is 0 Å². The summed E-state index contributed by atoms with van der Waals surface area (Å²) in [6.07, 6.45) is 15.5. The van der Waals surface area contributed by atoms with Gasteiger partial charge in [-0.15, -0.1) is 0 Å². The third-order valence-corrected chi connectivity index (χ3v) is 3.66. The standard InChI is InChI=1S/C18H30.Ca/c1-2-3-4-5-6-7-8-9-10-12-15-18-16-13-11-14-17-18;/h11,13-14,16-17H,2-10,12,15H2,1H3;/q;+2. The first-order valence-electron chi connectivity index (χ1n) is 7.97. The Morgan fingerprint density at radius 1 is 0.632 bits per heavy atom. The summed E-state index contributed by atoms with van der Waals surface area (Å²) in [5.41, 5.74) is 1.50. The van der Waals surface area contributed by atoms with E-state index in [4.69, 9.17) is 0 Å². The fourth-order valence-corrected chi connectivity index (χ4v) is 2.46. The van der Waals surface area contributed by atoms with Gasteiger partial charge in [0.2, 0.25) is 0 Å². The maximum Gasteiger partial charge on any atom is 2.00 e. The Morgan fingerprint density at radius 3 is 1.63 bits per heavy atom. The largest absolute Gasteiger partial charge is 2.00 e. The van der Waals surface area contributed by atoms with Crippen molar-refractivity contribution in [3.8, 4) is 0 Å². The van der Waals surface area contributed by atoms with Crippen LogP contribution in [0.1, 0.15) is 76.7 Å². The number of aryl methyl sites for hydroxylation is 1. The molecule has 0 aliphatic carbocycles. The second kappa shape index (κ2) is 14.9. The van der Waals surface area contributed by atoms with Crippen LogP contribution < -0.4 is 0 Å². The maximum atomic E-state index is 2.28. The molecule has 1 heteroatoms. The van der Waals surface area contributed by atoms with E-state index >= 15 is 0 Å². The fourth-order valence-electron chi connectivity index (χ4n) is 2.46. The summed E-state index contributed by atoms with van der Waals surface area (Å²) in [6.45, 7) is 2.28. The minimum Gasteiger partial charge on any atom is -0.0654 e. The Morgan fingerprint density at radius 2 is 1.11 bits per heavy atom. The SMILES string of the molecule is CCCCCCCCCCCCc1ccccc1.[Ca+2]. The summed E-state index contributed by atoms with van der Waals surface area (Å²) < 4.78 is 0. The molecule has 0 amide bonds. The first kappa shape index (κ1) is 19.5. The molecule has 0 aliphatic rings. The van der Waals surface area contributed by atoms with Gasteiger partial charge >= 0.3 is 37.7 Å². The van der Waals surface area contributed by atoms with E-state index in [0.717, 1.165) is 0 Å². The third kappa shape index (κ3) is 12.0. The molecule has 0 aromatic heterocycles. The Kier molecular flexibility index (Phi) is 15.3. The molecule has 0 fully saturated rings. The Labute approximate surface area is 150 Å². The van der Waals surface area contributed by atoms with Gasteiger partial charge in [0.05, 0.1) is 0 Å². The van der Waals surface area contributed by atoms with Crippen molar-refractivity contribution < 1.29 is 0 Å². The molecule has 0 heterocycles. The molecule has 1 aromatic rings. The molecule has 0 atom stereocenters. The summed E-state index contributed by atoms with van der Waals surface area (Å²) in [6, 6.07) is 10.9. The van der Waals surface area contributed by atoms with Crippen LogP contribution in [0.5, 0.6) is 0 Å². The molecule has 0 saturated heterocycles. The van der Waals surface area contributed by atoms with Gasteiger partial charge in [0.1, 0.15) is 0 Å². The smallest absolute Gasteiger partial charge is 0.0654 e. The van der Waals surface area contributed by atoms with Gasteiger partial charge < -0.3 is 0 Å². The molecule has 19 heavy (non-hydrogen) atoms. The molecule has 0 N–H and O–H groups in total. The van der Waals surface area contributed by atoms with Crippen molar-refractivity contribution in [3.05, 3.63) is 35.9 Å². The molecule has 0 radical (unpaired) electrons. The van der Waals surface area contributed by atoms with E-state index in [0.29, 0.717) is 0 Å². The normalized spacial score (nSPS) is 10.2. The van der Waals surface area contributed by atoms with E-state index in [1.807, 2.05) is 0 Å². The van der Waals surface area contributed by atoms with E-state index < -0.39 is 0 Å². The topological polar surface area (TPSA) is 0 Å². The molecule has 1 rings (SSSR count). The van der Waals surface area contributed by atoms with Crippen LogP contribution in [0.25, 0.3) is 0 Å². The van der Waals surface area contributed by atoms with Crippen molar-refractivity contribution in [2.75, 3.05) is 0 Å². The number of hydrogen-bond donors (Lipinski definition) is 0. The second-order valence-corrected chi connectivity index (χ2v) is 5.42. The number of unbranched alkanes of at least 4 members (excludes halogenated alkanes) is 9. The average Bonchev–Trinajstić information content (AvgIpc) is 2.42. The molecule has 1 aromatic carbocycles. The summed E-state index contributed by atoms with van der Waals surface area (Å²) in [7, 11) is 0. The molecule has 0 aliphatic heterocycles. The van der Waals surface area contributed by atoms with E-state index in [1.54, 1.807) is 0 Å². The average molecular weight is 287 g/mol. The van der Waals surface area contributed by atoms with Crippen molar-refractivity contribution >= 4 is 37.7 Å². The molecular weight excluding hydrogens is 256 g/mol. The Balaban J connectivity index is 0.00000324. The number of hydrogen-bond acceptors (Lipinski definition) is 0. The van der Waals surface area contributed by atoms with Crippen molar-refractivity contribution in [1.82, 2.24) is 0 Å². The monoisotopic (exact) mass is 286 g/mol. The van der Waals surface area contributed by atoms with Gasteiger partial charge in [-0.3, -0.25) is 0 Å². The maximum absolute atomic E-state index is 2.28. The van der Waals surface area contributed by atoms with Gasteiger partial charge in [0, 0.05) is 0 Å². The minimum absolute atomic E-state index is 0. The first-order chi connectivity index (χ1) is 8.93. The van der Waals surface area contributed by atoms with Crippen molar-refractivity contribution in [1.29, 1.82) is 0 Å². The molecule has 0 unspecified atom stereocenters.